The molecule has 2 N–H and O–H groups in total. The minimum absolute atomic E-state index is 0.113. The van der Waals surface area contributed by atoms with E-state index < -0.39 is 10.0 Å². The Morgan fingerprint density at radius 1 is 1.37 bits per heavy atom. The number of carbonyl (C=O) groups is 1. The molecule has 19 heavy (non-hydrogen) atoms. The molecule has 106 valence electrons. The van der Waals surface area contributed by atoms with Gasteiger partial charge in [0, 0.05) is 11.6 Å². The molecule has 0 saturated carbocycles. The lowest BCUT2D eigenvalue weighted by Crippen LogP contribution is -2.31. The summed E-state index contributed by atoms with van der Waals surface area (Å²) < 4.78 is 24.7. The Balaban J connectivity index is 2.91. The number of hydrogen-bond acceptors (Lipinski definition) is 3. The third kappa shape index (κ3) is 4.90. The lowest BCUT2D eigenvalue weighted by atomic mass is 10.1. The van der Waals surface area contributed by atoms with E-state index in [9.17, 15) is 13.2 Å². The SMILES string of the molecule is CCC(C)NC(=O)c1ccc(NS(C)(=O)=O)c(C)c1. The second kappa shape index (κ2) is 6.06. The topological polar surface area (TPSA) is 75.3 Å². The molecule has 5 nitrogen and oxygen atoms in total. The number of benzene rings is 1. The summed E-state index contributed by atoms with van der Waals surface area (Å²) in [6.07, 6.45) is 1.95. The molecule has 0 aliphatic rings. The molecule has 1 unspecified atom stereocenters. The van der Waals surface area contributed by atoms with Crippen molar-refractivity contribution >= 4 is 21.6 Å². The van der Waals surface area contributed by atoms with Gasteiger partial charge in [-0.3, -0.25) is 9.52 Å². The molecule has 0 aromatic heterocycles. The van der Waals surface area contributed by atoms with Gasteiger partial charge in [-0.25, -0.2) is 8.42 Å². The maximum Gasteiger partial charge on any atom is 0.251 e. The molecule has 0 aliphatic heterocycles. The highest BCUT2D eigenvalue weighted by Crippen LogP contribution is 2.17. The highest BCUT2D eigenvalue weighted by Gasteiger charge is 2.11. The van der Waals surface area contributed by atoms with E-state index in [1.54, 1.807) is 25.1 Å². The molecule has 0 heterocycles. The normalized spacial score (nSPS) is 12.8. The van der Waals surface area contributed by atoms with Gasteiger partial charge < -0.3 is 5.32 Å². The molecule has 1 rings (SSSR count). The van der Waals surface area contributed by atoms with Gasteiger partial charge in [0.05, 0.1) is 11.9 Å². The Kier molecular flexibility index (Phi) is 4.94. The molecule has 0 spiro atoms. The Hall–Kier alpha value is -1.56. The second-order valence-corrected chi connectivity index (χ2v) is 6.44. The van der Waals surface area contributed by atoms with Crippen molar-refractivity contribution in [1.82, 2.24) is 5.32 Å². The zero-order valence-electron chi connectivity index (χ0n) is 11.6. The van der Waals surface area contributed by atoms with Crippen molar-refractivity contribution in [2.75, 3.05) is 11.0 Å². The molecule has 1 atom stereocenters. The molecule has 0 saturated heterocycles. The van der Waals surface area contributed by atoms with Gasteiger partial charge >= 0.3 is 0 Å². The Morgan fingerprint density at radius 2 is 2.00 bits per heavy atom. The molecule has 6 heteroatoms. The highest BCUT2D eigenvalue weighted by molar-refractivity contribution is 7.92. The zero-order valence-corrected chi connectivity index (χ0v) is 12.5. The molecule has 1 amide bonds. The van der Waals surface area contributed by atoms with E-state index in [1.165, 1.54) is 0 Å². The van der Waals surface area contributed by atoms with Crippen molar-refractivity contribution in [3.63, 3.8) is 0 Å². The quantitative estimate of drug-likeness (QED) is 0.867. The molecule has 1 aromatic rings. The number of amides is 1. The van der Waals surface area contributed by atoms with Crippen LogP contribution in [-0.2, 0) is 10.0 Å². The highest BCUT2D eigenvalue weighted by atomic mass is 32.2. The van der Waals surface area contributed by atoms with Crippen LogP contribution in [0.5, 0.6) is 0 Å². The summed E-state index contributed by atoms with van der Waals surface area (Å²) in [5.41, 5.74) is 1.72. The first-order valence-corrected chi connectivity index (χ1v) is 8.01. The number of nitrogens with one attached hydrogen (secondary N) is 2. The van der Waals surface area contributed by atoms with E-state index in [4.69, 9.17) is 0 Å². The fourth-order valence-electron chi connectivity index (χ4n) is 1.53. The van der Waals surface area contributed by atoms with Crippen LogP contribution in [0.2, 0.25) is 0 Å². The Morgan fingerprint density at radius 3 is 2.47 bits per heavy atom. The number of anilines is 1. The van der Waals surface area contributed by atoms with Crippen molar-refractivity contribution in [2.24, 2.45) is 0 Å². The van der Waals surface area contributed by atoms with Crippen molar-refractivity contribution < 1.29 is 13.2 Å². The van der Waals surface area contributed by atoms with Gasteiger partial charge in [-0.15, -0.1) is 0 Å². The van der Waals surface area contributed by atoms with Crippen LogP contribution in [0.25, 0.3) is 0 Å². The van der Waals surface area contributed by atoms with Gasteiger partial charge in [0.25, 0.3) is 5.91 Å². The summed E-state index contributed by atoms with van der Waals surface area (Å²) >= 11 is 0. The third-order valence-electron chi connectivity index (χ3n) is 2.77. The van der Waals surface area contributed by atoms with Crippen LogP contribution in [0, 0.1) is 6.92 Å². The molecule has 0 bridgehead atoms. The van der Waals surface area contributed by atoms with Crippen LogP contribution >= 0.6 is 0 Å². The first kappa shape index (κ1) is 15.5. The standard InChI is InChI=1S/C13H20N2O3S/c1-5-10(3)14-13(16)11-6-7-12(9(2)8-11)15-19(4,17)18/h6-8,10,15H,5H2,1-4H3,(H,14,16). The largest absolute Gasteiger partial charge is 0.350 e. The average molecular weight is 284 g/mol. The van der Waals surface area contributed by atoms with Gasteiger partial charge in [0.15, 0.2) is 0 Å². The Bertz CT molecular complexity index is 567. The summed E-state index contributed by atoms with van der Waals surface area (Å²) in [5, 5.41) is 2.86. The lowest BCUT2D eigenvalue weighted by molar-refractivity contribution is 0.0939. The summed E-state index contributed by atoms with van der Waals surface area (Å²) in [6.45, 7) is 5.69. The predicted octanol–water partition coefficient (Wildman–Crippen LogP) is 1.89. The first-order valence-electron chi connectivity index (χ1n) is 6.12. The average Bonchev–Trinajstić information content (AvgIpc) is 2.29. The minimum Gasteiger partial charge on any atom is -0.350 e. The number of aryl methyl sites for hydroxylation is 1. The van der Waals surface area contributed by atoms with E-state index >= 15 is 0 Å². The van der Waals surface area contributed by atoms with Gasteiger partial charge in [-0.1, -0.05) is 6.92 Å². The molecule has 0 fully saturated rings. The summed E-state index contributed by atoms with van der Waals surface area (Å²) in [5.74, 6) is -0.150. The van der Waals surface area contributed by atoms with Crippen LogP contribution in [0.1, 0.15) is 36.2 Å². The van der Waals surface area contributed by atoms with Crippen molar-refractivity contribution in [3.05, 3.63) is 29.3 Å². The number of hydrogen-bond donors (Lipinski definition) is 2. The smallest absolute Gasteiger partial charge is 0.251 e. The van der Waals surface area contributed by atoms with Crippen LogP contribution in [0.15, 0.2) is 18.2 Å². The number of sulfonamides is 1. The lowest BCUT2D eigenvalue weighted by Gasteiger charge is -2.13. The molecular weight excluding hydrogens is 264 g/mol. The monoisotopic (exact) mass is 284 g/mol. The third-order valence-corrected chi connectivity index (χ3v) is 3.36. The van der Waals surface area contributed by atoms with E-state index in [-0.39, 0.29) is 11.9 Å². The fraction of sp³-hybridized carbons (Fsp3) is 0.462. The molecular formula is C13H20N2O3S. The molecule has 1 aromatic carbocycles. The molecule has 0 radical (unpaired) electrons. The predicted molar refractivity (Wildman–Crippen MR) is 76.9 cm³/mol. The maximum absolute atomic E-state index is 11.9. The van der Waals surface area contributed by atoms with Gasteiger partial charge in [0.1, 0.15) is 0 Å². The Labute approximate surface area is 114 Å². The fourth-order valence-corrected chi connectivity index (χ4v) is 2.16. The number of carbonyl (C=O) groups excluding carboxylic acids is 1. The van der Waals surface area contributed by atoms with Gasteiger partial charge in [0.2, 0.25) is 10.0 Å². The van der Waals surface area contributed by atoms with Gasteiger partial charge in [-0.05, 0) is 44.0 Å². The van der Waals surface area contributed by atoms with Crippen LogP contribution in [0.3, 0.4) is 0 Å². The second-order valence-electron chi connectivity index (χ2n) is 4.69. The summed E-state index contributed by atoms with van der Waals surface area (Å²) in [6, 6.07) is 4.99. The minimum atomic E-state index is -3.31. The molecule has 0 aliphatic carbocycles. The van der Waals surface area contributed by atoms with Crippen LogP contribution in [0.4, 0.5) is 5.69 Å². The van der Waals surface area contributed by atoms with Gasteiger partial charge in [-0.2, -0.15) is 0 Å². The van der Waals surface area contributed by atoms with E-state index in [0.29, 0.717) is 16.8 Å². The van der Waals surface area contributed by atoms with Crippen LogP contribution < -0.4 is 10.0 Å². The first-order chi connectivity index (χ1) is 8.73. The van der Waals surface area contributed by atoms with E-state index in [1.807, 2.05) is 13.8 Å². The van der Waals surface area contributed by atoms with E-state index in [2.05, 4.69) is 10.0 Å². The van der Waals surface area contributed by atoms with Crippen molar-refractivity contribution in [3.8, 4) is 0 Å². The zero-order chi connectivity index (χ0) is 14.6. The summed E-state index contributed by atoms with van der Waals surface area (Å²) in [7, 11) is -3.31. The maximum atomic E-state index is 11.9. The summed E-state index contributed by atoms with van der Waals surface area (Å²) in [4.78, 5) is 11.9. The van der Waals surface area contributed by atoms with Crippen molar-refractivity contribution in [1.29, 1.82) is 0 Å². The van der Waals surface area contributed by atoms with Crippen LogP contribution in [-0.4, -0.2) is 26.6 Å². The van der Waals surface area contributed by atoms with Crippen molar-refractivity contribution in [2.45, 2.75) is 33.2 Å². The number of rotatable bonds is 5. The van der Waals surface area contributed by atoms with E-state index in [0.717, 1.165) is 12.7 Å².